The van der Waals surface area contributed by atoms with Gasteiger partial charge in [0.2, 0.25) is 0 Å². The molecule has 0 radical (unpaired) electrons. The van der Waals surface area contributed by atoms with Gasteiger partial charge in [0, 0.05) is 0 Å². The summed E-state index contributed by atoms with van der Waals surface area (Å²) < 4.78 is 0. The molecule has 1 aromatic carbocycles. The van der Waals surface area contributed by atoms with Crippen LogP contribution in [0.3, 0.4) is 0 Å². The predicted molar refractivity (Wildman–Crippen MR) is 60.2 cm³/mol. The summed E-state index contributed by atoms with van der Waals surface area (Å²) in [4.78, 5) is 11.2. The number of carboxylic acids is 1. The first kappa shape index (κ1) is 12.0. The number of hydrogen-bond acceptors (Lipinski definition) is 2. The zero-order chi connectivity index (χ0) is 10.2. The molecule has 1 saturated carbocycles. The fraction of sp³-hybridized carbons (Fsp3) is 0.364. The van der Waals surface area contributed by atoms with Crippen molar-refractivity contribution in [3.63, 3.8) is 0 Å². The summed E-state index contributed by atoms with van der Waals surface area (Å²) in [7, 11) is 0. The summed E-state index contributed by atoms with van der Waals surface area (Å²) in [6, 6.07) is 9.35. The van der Waals surface area contributed by atoms with Gasteiger partial charge in [0.25, 0.3) is 0 Å². The van der Waals surface area contributed by atoms with Gasteiger partial charge in [-0.25, -0.2) is 0 Å². The lowest BCUT2D eigenvalue weighted by molar-refractivity contribution is -0.140. The van der Waals surface area contributed by atoms with Crippen LogP contribution in [-0.4, -0.2) is 17.6 Å². The van der Waals surface area contributed by atoms with Crippen molar-refractivity contribution in [1.29, 1.82) is 0 Å². The summed E-state index contributed by atoms with van der Waals surface area (Å²) >= 11 is 0. The molecular formula is C11H14ClNO2. The molecule has 0 bridgehead atoms. The van der Waals surface area contributed by atoms with E-state index >= 15 is 0 Å². The Kier molecular flexibility index (Phi) is 3.37. The zero-order valence-corrected chi connectivity index (χ0v) is 9.04. The van der Waals surface area contributed by atoms with Crippen LogP contribution < -0.4 is 5.73 Å². The Balaban J connectivity index is 0.00000112. The summed E-state index contributed by atoms with van der Waals surface area (Å²) in [5.41, 5.74) is 5.70. The normalized spacial score (nSPS) is 27.9. The van der Waals surface area contributed by atoms with Crippen LogP contribution in [0.15, 0.2) is 30.3 Å². The van der Waals surface area contributed by atoms with Crippen LogP contribution in [0.25, 0.3) is 0 Å². The maximum atomic E-state index is 11.2. The molecule has 0 heterocycles. The van der Waals surface area contributed by atoms with Gasteiger partial charge in [-0.3, -0.25) is 4.79 Å². The number of nitrogens with two attached hydrogens (primary N) is 1. The minimum Gasteiger partial charge on any atom is -0.481 e. The lowest BCUT2D eigenvalue weighted by atomic mass is 9.93. The van der Waals surface area contributed by atoms with E-state index in [1.165, 1.54) is 0 Å². The minimum atomic E-state index is -0.751. The monoisotopic (exact) mass is 227 g/mol. The third-order valence-electron chi connectivity index (χ3n) is 3.06. The quantitative estimate of drug-likeness (QED) is 0.821. The highest BCUT2D eigenvalue weighted by molar-refractivity contribution is 5.86. The van der Waals surface area contributed by atoms with Crippen molar-refractivity contribution in [2.24, 2.45) is 11.7 Å². The lowest BCUT2D eigenvalue weighted by Crippen LogP contribution is -2.25. The average molecular weight is 228 g/mol. The second-order valence-corrected chi connectivity index (χ2v) is 3.78. The van der Waals surface area contributed by atoms with Crippen molar-refractivity contribution in [2.75, 3.05) is 6.54 Å². The average Bonchev–Trinajstić information content (AvgIpc) is 2.94. The summed E-state index contributed by atoms with van der Waals surface area (Å²) in [6.07, 6.45) is 0.669. The van der Waals surface area contributed by atoms with Crippen LogP contribution in [0.1, 0.15) is 12.0 Å². The molecule has 0 spiro atoms. The van der Waals surface area contributed by atoms with E-state index in [2.05, 4.69) is 0 Å². The first-order chi connectivity index (χ1) is 6.71. The van der Waals surface area contributed by atoms with Gasteiger partial charge in [-0.2, -0.15) is 0 Å². The second kappa shape index (κ2) is 4.21. The molecule has 2 atom stereocenters. The van der Waals surface area contributed by atoms with E-state index in [9.17, 15) is 9.90 Å². The highest BCUT2D eigenvalue weighted by Gasteiger charge is 2.60. The zero-order valence-electron chi connectivity index (χ0n) is 8.22. The number of carbonyl (C=O) groups is 1. The molecule has 1 aliphatic carbocycles. The van der Waals surface area contributed by atoms with Crippen LogP contribution in [0.4, 0.5) is 0 Å². The summed E-state index contributed by atoms with van der Waals surface area (Å²) in [5, 5.41) is 9.20. The number of aliphatic carboxylic acids is 1. The Bertz CT molecular complexity index is 355. The van der Waals surface area contributed by atoms with Gasteiger partial charge in [-0.05, 0) is 24.4 Å². The van der Waals surface area contributed by atoms with Gasteiger partial charge < -0.3 is 10.8 Å². The number of halogens is 1. The molecular weight excluding hydrogens is 214 g/mol. The molecule has 1 fully saturated rings. The topological polar surface area (TPSA) is 63.3 Å². The van der Waals surface area contributed by atoms with Gasteiger partial charge in [0.1, 0.15) is 0 Å². The SMILES string of the molecule is Cl.NC[C@@H]1C[C@@]1(C(=O)O)c1ccccc1. The molecule has 0 aromatic heterocycles. The highest BCUT2D eigenvalue weighted by atomic mass is 35.5. The molecule has 0 unspecified atom stereocenters. The van der Waals surface area contributed by atoms with Gasteiger partial charge in [0.05, 0.1) is 5.41 Å². The fourth-order valence-corrected chi connectivity index (χ4v) is 2.09. The highest BCUT2D eigenvalue weighted by Crippen LogP contribution is 2.53. The third-order valence-corrected chi connectivity index (χ3v) is 3.06. The Morgan fingerprint density at radius 2 is 2.07 bits per heavy atom. The van der Waals surface area contributed by atoms with Crippen molar-refractivity contribution < 1.29 is 9.90 Å². The molecule has 82 valence electrons. The molecule has 4 heteroatoms. The van der Waals surface area contributed by atoms with Gasteiger partial charge in [-0.15, -0.1) is 12.4 Å². The van der Waals surface area contributed by atoms with Crippen molar-refractivity contribution >= 4 is 18.4 Å². The number of benzene rings is 1. The number of carboxylic acid groups (broad SMARTS) is 1. The minimum absolute atomic E-state index is 0. The Morgan fingerprint density at radius 1 is 1.47 bits per heavy atom. The van der Waals surface area contributed by atoms with E-state index in [-0.39, 0.29) is 18.3 Å². The third kappa shape index (κ3) is 1.73. The van der Waals surface area contributed by atoms with Crippen LogP contribution in [0.5, 0.6) is 0 Å². The van der Waals surface area contributed by atoms with E-state index in [0.717, 1.165) is 5.56 Å². The van der Waals surface area contributed by atoms with E-state index in [1.807, 2.05) is 30.3 Å². The maximum Gasteiger partial charge on any atom is 0.314 e. The van der Waals surface area contributed by atoms with Gasteiger partial charge >= 0.3 is 5.97 Å². The predicted octanol–water partition coefficient (Wildman–Crippen LogP) is 1.41. The van der Waals surface area contributed by atoms with Crippen LogP contribution in [0, 0.1) is 5.92 Å². The molecule has 0 amide bonds. The van der Waals surface area contributed by atoms with Crippen molar-refractivity contribution in [3.05, 3.63) is 35.9 Å². The van der Waals surface area contributed by atoms with E-state index in [4.69, 9.17) is 5.73 Å². The first-order valence-electron chi connectivity index (χ1n) is 4.71. The van der Waals surface area contributed by atoms with E-state index < -0.39 is 11.4 Å². The number of rotatable bonds is 3. The molecule has 3 nitrogen and oxygen atoms in total. The van der Waals surface area contributed by atoms with Gasteiger partial charge in [-0.1, -0.05) is 30.3 Å². The van der Waals surface area contributed by atoms with Crippen molar-refractivity contribution in [2.45, 2.75) is 11.8 Å². The first-order valence-corrected chi connectivity index (χ1v) is 4.71. The lowest BCUT2D eigenvalue weighted by Gasteiger charge is -2.11. The Labute approximate surface area is 94.7 Å². The molecule has 2 rings (SSSR count). The molecule has 1 aliphatic rings. The summed E-state index contributed by atoms with van der Waals surface area (Å²) in [6.45, 7) is 0.446. The summed E-state index contributed by atoms with van der Waals surface area (Å²) in [5.74, 6) is -0.651. The smallest absolute Gasteiger partial charge is 0.314 e. The Hall–Kier alpha value is -1.06. The largest absolute Gasteiger partial charge is 0.481 e. The molecule has 0 saturated heterocycles. The Morgan fingerprint density at radius 3 is 2.47 bits per heavy atom. The standard InChI is InChI=1S/C11H13NO2.ClH/c12-7-9-6-11(9,10(13)14)8-4-2-1-3-5-8;/h1-5,9H,6-7,12H2,(H,13,14);1H/t9-,11+;/m0./s1. The molecule has 1 aromatic rings. The van der Waals surface area contributed by atoms with E-state index in [0.29, 0.717) is 13.0 Å². The maximum absolute atomic E-state index is 11.2. The van der Waals surface area contributed by atoms with E-state index in [1.54, 1.807) is 0 Å². The molecule has 15 heavy (non-hydrogen) atoms. The fourth-order valence-electron chi connectivity index (χ4n) is 2.09. The van der Waals surface area contributed by atoms with Crippen LogP contribution >= 0.6 is 12.4 Å². The number of hydrogen-bond donors (Lipinski definition) is 2. The van der Waals surface area contributed by atoms with Crippen molar-refractivity contribution in [1.82, 2.24) is 0 Å². The molecule has 0 aliphatic heterocycles. The molecule has 3 N–H and O–H groups in total. The van der Waals surface area contributed by atoms with Gasteiger partial charge in [0.15, 0.2) is 0 Å². The van der Waals surface area contributed by atoms with Crippen LogP contribution in [-0.2, 0) is 10.2 Å². The van der Waals surface area contributed by atoms with Crippen molar-refractivity contribution in [3.8, 4) is 0 Å². The second-order valence-electron chi connectivity index (χ2n) is 3.78. The van der Waals surface area contributed by atoms with Crippen LogP contribution in [0.2, 0.25) is 0 Å².